The van der Waals surface area contributed by atoms with Gasteiger partial charge in [-0.15, -0.1) is 0 Å². The van der Waals surface area contributed by atoms with E-state index in [1.165, 1.54) is 17.9 Å². The molecule has 0 saturated heterocycles. The van der Waals surface area contributed by atoms with Crippen molar-refractivity contribution < 1.29 is 19.4 Å². The molecule has 1 amide bonds. The van der Waals surface area contributed by atoms with E-state index in [9.17, 15) is 9.59 Å². The van der Waals surface area contributed by atoms with E-state index in [-0.39, 0.29) is 24.6 Å². The number of hydrogen-bond acceptors (Lipinski definition) is 4. The second-order valence-corrected chi connectivity index (χ2v) is 4.26. The molecule has 0 aliphatic carbocycles. The molecule has 0 bridgehead atoms. The number of para-hydroxylation sites is 2. The summed E-state index contributed by atoms with van der Waals surface area (Å²) in [6.45, 7) is 0.220. The first-order chi connectivity index (χ1) is 10.1. The lowest BCUT2D eigenvalue weighted by atomic mass is 10.3. The third-order valence-corrected chi connectivity index (χ3v) is 2.78. The van der Waals surface area contributed by atoms with Gasteiger partial charge in [0.25, 0.3) is 5.91 Å². The van der Waals surface area contributed by atoms with Crippen LogP contribution in [0.25, 0.3) is 0 Å². The number of aliphatic carboxylic acids is 1. The molecule has 1 heterocycles. The van der Waals surface area contributed by atoms with Crippen molar-refractivity contribution >= 4 is 17.6 Å². The van der Waals surface area contributed by atoms with Gasteiger partial charge in [-0.3, -0.25) is 14.3 Å². The number of carbonyl (C=O) groups excluding carboxylic acids is 1. The lowest BCUT2D eigenvalue weighted by Gasteiger charge is -2.08. The standard InChI is InChI=1S/C14H15N3O4/c1-21-12-5-3-2-4-10(12)15-14(20)11-6-8-17(16-11)9-7-13(18)19/h2-6,8H,7,9H2,1H3,(H,15,20)(H,18,19). The maximum Gasteiger partial charge on any atom is 0.305 e. The number of amides is 1. The van der Waals surface area contributed by atoms with Crippen LogP contribution in [0.15, 0.2) is 36.5 Å². The Morgan fingerprint density at radius 3 is 2.81 bits per heavy atom. The molecule has 0 radical (unpaired) electrons. The third kappa shape index (κ3) is 3.82. The number of anilines is 1. The summed E-state index contributed by atoms with van der Waals surface area (Å²) in [6.07, 6.45) is 1.52. The summed E-state index contributed by atoms with van der Waals surface area (Å²) in [6, 6.07) is 8.57. The maximum atomic E-state index is 12.1. The zero-order chi connectivity index (χ0) is 15.2. The van der Waals surface area contributed by atoms with E-state index in [1.54, 1.807) is 30.5 Å². The quantitative estimate of drug-likeness (QED) is 0.842. The van der Waals surface area contributed by atoms with E-state index in [2.05, 4.69) is 10.4 Å². The van der Waals surface area contributed by atoms with Gasteiger partial charge in [0.05, 0.1) is 25.8 Å². The number of nitrogens with one attached hydrogen (secondary N) is 1. The van der Waals surface area contributed by atoms with Gasteiger partial charge in [0.1, 0.15) is 5.75 Å². The predicted molar refractivity (Wildman–Crippen MR) is 75.4 cm³/mol. The molecule has 7 nitrogen and oxygen atoms in total. The Morgan fingerprint density at radius 1 is 1.33 bits per heavy atom. The average Bonchev–Trinajstić information content (AvgIpc) is 2.94. The maximum absolute atomic E-state index is 12.1. The van der Waals surface area contributed by atoms with Crippen molar-refractivity contribution in [1.29, 1.82) is 0 Å². The lowest BCUT2D eigenvalue weighted by molar-refractivity contribution is -0.137. The van der Waals surface area contributed by atoms with E-state index in [0.717, 1.165) is 0 Å². The Labute approximate surface area is 121 Å². The van der Waals surface area contributed by atoms with Gasteiger partial charge in [0.15, 0.2) is 5.69 Å². The van der Waals surface area contributed by atoms with Crippen LogP contribution in [0.5, 0.6) is 5.75 Å². The Morgan fingerprint density at radius 2 is 2.10 bits per heavy atom. The molecule has 2 rings (SSSR count). The first-order valence-corrected chi connectivity index (χ1v) is 6.30. The zero-order valence-electron chi connectivity index (χ0n) is 11.4. The topological polar surface area (TPSA) is 93.5 Å². The normalized spacial score (nSPS) is 10.1. The summed E-state index contributed by atoms with van der Waals surface area (Å²) in [4.78, 5) is 22.6. The van der Waals surface area contributed by atoms with Gasteiger partial charge in [-0.2, -0.15) is 5.10 Å². The molecule has 21 heavy (non-hydrogen) atoms. The number of nitrogens with zero attached hydrogens (tertiary/aromatic N) is 2. The Balaban J connectivity index is 2.05. The smallest absolute Gasteiger partial charge is 0.305 e. The van der Waals surface area contributed by atoms with Crippen LogP contribution in [-0.2, 0) is 11.3 Å². The fraction of sp³-hybridized carbons (Fsp3) is 0.214. The highest BCUT2D eigenvalue weighted by atomic mass is 16.5. The van der Waals surface area contributed by atoms with Crippen molar-refractivity contribution in [1.82, 2.24) is 9.78 Å². The minimum atomic E-state index is -0.912. The van der Waals surface area contributed by atoms with Crippen molar-refractivity contribution in [3.8, 4) is 5.75 Å². The average molecular weight is 289 g/mol. The number of aryl methyl sites for hydroxylation is 1. The molecule has 1 aromatic heterocycles. The van der Waals surface area contributed by atoms with Crippen LogP contribution in [-0.4, -0.2) is 33.9 Å². The summed E-state index contributed by atoms with van der Waals surface area (Å²) in [7, 11) is 1.52. The van der Waals surface area contributed by atoms with Gasteiger partial charge in [-0.25, -0.2) is 0 Å². The molecule has 0 atom stereocenters. The van der Waals surface area contributed by atoms with Crippen LogP contribution in [0, 0.1) is 0 Å². The first-order valence-electron chi connectivity index (χ1n) is 6.30. The highest BCUT2D eigenvalue weighted by Crippen LogP contribution is 2.23. The number of benzene rings is 1. The van der Waals surface area contributed by atoms with Gasteiger partial charge >= 0.3 is 5.97 Å². The number of methoxy groups -OCH3 is 1. The van der Waals surface area contributed by atoms with Gasteiger partial charge in [0, 0.05) is 6.20 Å². The molecule has 0 aliphatic rings. The summed E-state index contributed by atoms with van der Waals surface area (Å²) >= 11 is 0. The fourth-order valence-corrected chi connectivity index (χ4v) is 1.75. The Hall–Kier alpha value is -2.83. The van der Waals surface area contributed by atoms with Crippen molar-refractivity contribution in [3.05, 3.63) is 42.2 Å². The first kappa shape index (κ1) is 14.6. The molecule has 1 aromatic carbocycles. The molecular formula is C14H15N3O4. The molecular weight excluding hydrogens is 274 g/mol. The predicted octanol–water partition coefficient (Wildman–Crippen LogP) is 1.62. The second-order valence-electron chi connectivity index (χ2n) is 4.26. The molecule has 0 aliphatic heterocycles. The summed E-state index contributed by atoms with van der Waals surface area (Å²) in [5.41, 5.74) is 0.761. The lowest BCUT2D eigenvalue weighted by Crippen LogP contribution is -2.14. The van der Waals surface area contributed by atoms with Crippen molar-refractivity contribution in [2.45, 2.75) is 13.0 Å². The van der Waals surface area contributed by atoms with Crippen molar-refractivity contribution in [3.63, 3.8) is 0 Å². The number of hydrogen-bond donors (Lipinski definition) is 2. The summed E-state index contributed by atoms with van der Waals surface area (Å²) < 4.78 is 6.57. The molecule has 110 valence electrons. The van der Waals surface area contributed by atoms with Crippen LogP contribution >= 0.6 is 0 Å². The SMILES string of the molecule is COc1ccccc1NC(=O)c1ccn(CCC(=O)O)n1. The van der Waals surface area contributed by atoms with Gasteiger partial charge in [-0.1, -0.05) is 12.1 Å². The zero-order valence-corrected chi connectivity index (χ0v) is 11.4. The Bertz CT molecular complexity index is 651. The Kier molecular flexibility index (Phi) is 4.55. The van der Waals surface area contributed by atoms with Crippen LogP contribution in [0.4, 0.5) is 5.69 Å². The largest absolute Gasteiger partial charge is 0.495 e. The van der Waals surface area contributed by atoms with Crippen LogP contribution in [0.1, 0.15) is 16.9 Å². The van der Waals surface area contributed by atoms with Gasteiger partial charge in [-0.05, 0) is 18.2 Å². The molecule has 0 saturated carbocycles. The minimum Gasteiger partial charge on any atom is -0.495 e. The molecule has 0 unspecified atom stereocenters. The highest BCUT2D eigenvalue weighted by Gasteiger charge is 2.12. The third-order valence-electron chi connectivity index (χ3n) is 2.78. The number of ether oxygens (including phenoxy) is 1. The number of rotatable bonds is 6. The number of carboxylic acid groups (broad SMARTS) is 1. The van der Waals surface area contributed by atoms with Crippen molar-refractivity contribution in [2.24, 2.45) is 0 Å². The van der Waals surface area contributed by atoms with E-state index < -0.39 is 5.97 Å². The summed E-state index contributed by atoms with van der Waals surface area (Å²) in [5.74, 6) is -0.741. The van der Waals surface area contributed by atoms with Crippen LogP contribution < -0.4 is 10.1 Å². The molecule has 7 heteroatoms. The van der Waals surface area contributed by atoms with Crippen LogP contribution in [0.2, 0.25) is 0 Å². The number of carbonyl (C=O) groups is 2. The van der Waals surface area contributed by atoms with Gasteiger partial charge in [0.2, 0.25) is 0 Å². The fourth-order valence-electron chi connectivity index (χ4n) is 1.75. The van der Waals surface area contributed by atoms with Crippen molar-refractivity contribution in [2.75, 3.05) is 12.4 Å². The minimum absolute atomic E-state index is 0.0464. The molecule has 2 aromatic rings. The number of aromatic nitrogens is 2. The highest BCUT2D eigenvalue weighted by molar-refractivity contribution is 6.03. The molecule has 0 fully saturated rings. The molecule has 2 N–H and O–H groups in total. The van der Waals surface area contributed by atoms with E-state index in [0.29, 0.717) is 11.4 Å². The van der Waals surface area contributed by atoms with E-state index >= 15 is 0 Å². The summed E-state index contributed by atoms with van der Waals surface area (Å²) in [5, 5.41) is 15.3. The van der Waals surface area contributed by atoms with Gasteiger partial charge < -0.3 is 15.2 Å². The molecule has 0 spiro atoms. The second kappa shape index (κ2) is 6.56. The van der Waals surface area contributed by atoms with E-state index in [4.69, 9.17) is 9.84 Å². The number of carboxylic acids is 1. The van der Waals surface area contributed by atoms with Crippen LogP contribution in [0.3, 0.4) is 0 Å². The van der Waals surface area contributed by atoms with E-state index in [1.807, 2.05) is 0 Å². The monoisotopic (exact) mass is 289 g/mol.